The van der Waals surface area contributed by atoms with Crippen LogP contribution in [-0.4, -0.2) is 55.9 Å². The van der Waals surface area contributed by atoms with Gasteiger partial charge in [-0.05, 0) is 57.4 Å². The Hall–Kier alpha value is -4.18. The van der Waals surface area contributed by atoms with Crippen molar-refractivity contribution in [1.82, 2.24) is 24.9 Å². The van der Waals surface area contributed by atoms with Crippen molar-refractivity contribution in [2.24, 2.45) is 0 Å². The number of nitrogens with one attached hydrogen (secondary N) is 3. The van der Waals surface area contributed by atoms with Gasteiger partial charge in [-0.2, -0.15) is 4.98 Å². The van der Waals surface area contributed by atoms with Gasteiger partial charge in [-0.25, -0.2) is 9.50 Å². The summed E-state index contributed by atoms with van der Waals surface area (Å²) in [5.74, 6) is 1.54. The molecular weight excluding hydrogens is 470 g/mol. The van der Waals surface area contributed by atoms with Crippen LogP contribution in [0.25, 0.3) is 16.9 Å². The topological polar surface area (TPSA) is 126 Å². The average Bonchev–Trinajstić information content (AvgIpc) is 3.57. The molecule has 4 aromatic rings. The maximum absolute atomic E-state index is 12.6. The summed E-state index contributed by atoms with van der Waals surface area (Å²) in [7, 11) is 1.57. The fourth-order valence-corrected chi connectivity index (χ4v) is 3.97. The second-order valence-corrected chi connectivity index (χ2v) is 9.96. The SMILES string of the molecule is COc1cccc(Nc2cc(NCC(C)(C)O)c3ncc(-c4ccc(C(=O)NC5CC5)c(C)c4)n3n2)n1. The molecule has 1 aliphatic rings. The number of aryl methyl sites for hydroxylation is 1. The van der Waals surface area contributed by atoms with Crippen molar-refractivity contribution in [3.63, 3.8) is 0 Å². The van der Waals surface area contributed by atoms with Crippen LogP contribution in [0.15, 0.2) is 48.7 Å². The van der Waals surface area contributed by atoms with Gasteiger partial charge in [0.05, 0.1) is 30.3 Å². The Balaban J connectivity index is 1.53. The number of hydrogen-bond acceptors (Lipinski definition) is 8. The van der Waals surface area contributed by atoms with E-state index < -0.39 is 5.60 Å². The second kappa shape index (κ2) is 9.70. The van der Waals surface area contributed by atoms with Gasteiger partial charge in [0.25, 0.3) is 5.91 Å². The van der Waals surface area contributed by atoms with Crippen LogP contribution in [0.5, 0.6) is 5.88 Å². The Labute approximate surface area is 215 Å². The summed E-state index contributed by atoms with van der Waals surface area (Å²) in [6, 6.07) is 13.3. The zero-order valence-corrected chi connectivity index (χ0v) is 21.4. The first-order valence-electron chi connectivity index (χ1n) is 12.3. The van der Waals surface area contributed by atoms with E-state index >= 15 is 0 Å². The molecule has 5 rings (SSSR count). The first-order valence-corrected chi connectivity index (χ1v) is 12.3. The molecule has 0 aliphatic heterocycles. The first-order chi connectivity index (χ1) is 17.7. The fourth-order valence-electron chi connectivity index (χ4n) is 3.97. The third-order valence-electron chi connectivity index (χ3n) is 6.05. The summed E-state index contributed by atoms with van der Waals surface area (Å²) in [4.78, 5) is 21.6. The van der Waals surface area contributed by atoms with Gasteiger partial charge >= 0.3 is 0 Å². The predicted molar refractivity (Wildman–Crippen MR) is 143 cm³/mol. The van der Waals surface area contributed by atoms with Crippen LogP contribution in [0.1, 0.15) is 42.6 Å². The van der Waals surface area contributed by atoms with Crippen LogP contribution < -0.4 is 20.7 Å². The number of aromatic nitrogens is 4. The molecule has 0 saturated heterocycles. The molecule has 1 saturated carbocycles. The molecule has 3 aromatic heterocycles. The van der Waals surface area contributed by atoms with E-state index in [1.165, 1.54) is 0 Å². The van der Waals surface area contributed by atoms with E-state index in [1.807, 2.05) is 43.3 Å². The lowest BCUT2D eigenvalue weighted by Gasteiger charge is -2.19. The summed E-state index contributed by atoms with van der Waals surface area (Å²) in [6.07, 6.45) is 3.84. The molecular formula is C27H31N7O3. The van der Waals surface area contributed by atoms with Crippen molar-refractivity contribution >= 4 is 28.9 Å². The molecule has 1 fully saturated rings. The number of ether oxygens (including phenoxy) is 1. The van der Waals surface area contributed by atoms with Gasteiger partial charge in [0, 0.05) is 35.8 Å². The molecule has 1 aromatic carbocycles. The van der Waals surface area contributed by atoms with Crippen molar-refractivity contribution in [3.8, 4) is 17.1 Å². The minimum atomic E-state index is -0.925. The quantitative estimate of drug-likeness (QED) is 0.272. The van der Waals surface area contributed by atoms with Crippen LogP contribution in [0, 0.1) is 6.92 Å². The third-order valence-corrected chi connectivity index (χ3v) is 6.05. The Bertz CT molecular complexity index is 1450. The maximum Gasteiger partial charge on any atom is 0.251 e. The third kappa shape index (κ3) is 5.64. The van der Waals surface area contributed by atoms with Crippen molar-refractivity contribution < 1.29 is 14.6 Å². The lowest BCUT2D eigenvalue weighted by molar-refractivity contribution is 0.0940. The number of aliphatic hydroxyl groups is 1. The summed E-state index contributed by atoms with van der Waals surface area (Å²) in [6.45, 7) is 5.71. The van der Waals surface area contributed by atoms with Gasteiger partial charge < -0.3 is 25.8 Å². The van der Waals surface area contributed by atoms with E-state index in [0.29, 0.717) is 47.0 Å². The van der Waals surface area contributed by atoms with Gasteiger partial charge in [0.1, 0.15) is 5.82 Å². The Morgan fingerprint density at radius 1 is 1.19 bits per heavy atom. The summed E-state index contributed by atoms with van der Waals surface area (Å²) >= 11 is 0. The molecule has 192 valence electrons. The van der Waals surface area contributed by atoms with Gasteiger partial charge in [-0.1, -0.05) is 12.1 Å². The van der Waals surface area contributed by atoms with E-state index in [2.05, 4.69) is 25.9 Å². The summed E-state index contributed by atoms with van der Waals surface area (Å²) in [5, 5.41) is 24.6. The monoisotopic (exact) mass is 501 g/mol. The Morgan fingerprint density at radius 2 is 2.00 bits per heavy atom. The van der Waals surface area contributed by atoms with E-state index in [0.717, 1.165) is 29.7 Å². The first kappa shape index (κ1) is 24.5. The average molecular weight is 502 g/mol. The number of nitrogens with zero attached hydrogens (tertiary/aromatic N) is 4. The number of pyridine rings is 1. The normalized spacial score (nSPS) is 13.4. The highest BCUT2D eigenvalue weighted by molar-refractivity contribution is 5.96. The number of fused-ring (bicyclic) bond motifs is 1. The smallest absolute Gasteiger partial charge is 0.251 e. The molecule has 1 amide bonds. The molecule has 37 heavy (non-hydrogen) atoms. The number of amides is 1. The highest BCUT2D eigenvalue weighted by atomic mass is 16.5. The molecule has 0 atom stereocenters. The molecule has 3 heterocycles. The molecule has 0 spiro atoms. The number of anilines is 3. The summed E-state index contributed by atoms with van der Waals surface area (Å²) < 4.78 is 6.98. The van der Waals surface area contributed by atoms with Gasteiger partial charge in [-0.15, -0.1) is 5.10 Å². The number of hydrogen-bond donors (Lipinski definition) is 4. The largest absolute Gasteiger partial charge is 0.481 e. The molecule has 10 nitrogen and oxygen atoms in total. The number of imidazole rings is 1. The Kier molecular flexibility index (Phi) is 6.43. The number of carbonyl (C=O) groups is 1. The van der Waals surface area contributed by atoms with Crippen LogP contribution in [0.4, 0.5) is 17.3 Å². The van der Waals surface area contributed by atoms with E-state index in [9.17, 15) is 9.90 Å². The standard InChI is InChI=1S/C27H31N7O3/c1-16-12-17(8-11-19(16)26(35)30-18-9-10-18)21-14-28-25-20(29-15-27(2,3)36)13-23(33-34(21)25)31-22-6-5-7-24(32-22)37-4/h5-8,11-14,18,29,36H,9-10,15H2,1-4H3,(H,30,35)(H,31,32,33). The lowest BCUT2D eigenvalue weighted by atomic mass is 10.0. The number of methoxy groups -OCH3 is 1. The van der Waals surface area contributed by atoms with Crippen LogP contribution in [0.2, 0.25) is 0 Å². The minimum absolute atomic E-state index is 0.0433. The lowest BCUT2D eigenvalue weighted by Crippen LogP contribution is -2.29. The van der Waals surface area contributed by atoms with Crippen LogP contribution in [0.3, 0.4) is 0 Å². The van der Waals surface area contributed by atoms with Gasteiger partial charge in [0.2, 0.25) is 5.88 Å². The highest BCUT2D eigenvalue weighted by Gasteiger charge is 2.24. The fraction of sp³-hybridized carbons (Fsp3) is 0.333. The second-order valence-electron chi connectivity index (χ2n) is 9.96. The van der Waals surface area contributed by atoms with Crippen molar-refractivity contribution in [2.45, 2.75) is 45.3 Å². The maximum atomic E-state index is 12.6. The van der Waals surface area contributed by atoms with Crippen molar-refractivity contribution in [1.29, 1.82) is 0 Å². The van der Waals surface area contributed by atoms with Crippen molar-refractivity contribution in [3.05, 3.63) is 59.8 Å². The molecule has 4 N–H and O–H groups in total. The van der Waals surface area contributed by atoms with E-state index in [4.69, 9.17) is 9.84 Å². The number of rotatable bonds is 9. The number of carbonyl (C=O) groups excluding carboxylic acids is 1. The highest BCUT2D eigenvalue weighted by Crippen LogP contribution is 2.29. The molecule has 0 bridgehead atoms. The van der Waals surface area contributed by atoms with Gasteiger partial charge in [0.15, 0.2) is 11.5 Å². The zero-order valence-electron chi connectivity index (χ0n) is 21.4. The molecule has 0 unspecified atom stereocenters. The molecule has 0 radical (unpaired) electrons. The van der Waals surface area contributed by atoms with Crippen LogP contribution >= 0.6 is 0 Å². The van der Waals surface area contributed by atoms with Gasteiger partial charge in [-0.3, -0.25) is 4.79 Å². The zero-order chi connectivity index (χ0) is 26.2. The minimum Gasteiger partial charge on any atom is -0.481 e. The predicted octanol–water partition coefficient (Wildman–Crippen LogP) is 3.93. The van der Waals surface area contributed by atoms with E-state index in [1.54, 1.807) is 37.7 Å². The summed E-state index contributed by atoms with van der Waals surface area (Å²) in [5.41, 5.74) is 3.57. The Morgan fingerprint density at radius 3 is 2.70 bits per heavy atom. The number of benzene rings is 1. The molecule has 10 heteroatoms. The van der Waals surface area contributed by atoms with E-state index in [-0.39, 0.29) is 5.91 Å². The van der Waals surface area contributed by atoms with Crippen LogP contribution in [-0.2, 0) is 0 Å². The van der Waals surface area contributed by atoms with Crippen molar-refractivity contribution in [2.75, 3.05) is 24.3 Å². The molecule has 1 aliphatic carbocycles.